The summed E-state index contributed by atoms with van der Waals surface area (Å²) in [5.41, 5.74) is 7.39. The van der Waals surface area contributed by atoms with Crippen molar-refractivity contribution in [1.82, 2.24) is 0 Å². The highest BCUT2D eigenvalue weighted by atomic mass is 32.2. The average Bonchev–Trinajstić information content (AvgIpc) is 2.37. The van der Waals surface area contributed by atoms with Crippen LogP contribution in [-0.4, -0.2) is 8.42 Å². The van der Waals surface area contributed by atoms with E-state index in [1.165, 1.54) is 24.3 Å². The number of azo groups is 1. The summed E-state index contributed by atoms with van der Waals surface area (Å²) in [6.45, 7) is 0. The number of hydrogen-bond acceptors (Lipinski definition) is 5. The van der Waals surface area contributed by atoms with Crippen molar-refractivity contribution in [3.63, 3.8) is 0 Å². The molecule has 7 heteroatoms. The molecule has 0 aromatic heterocycles. The van der Waals surface area contributed by atoms with Crippen molar-refractivity contribution in [2.24, 2.45) is 15.4 Å². The Morgan fingerprint density at radius 2 is 1.21 bits per heavy atom. The van der Waals surface area contributed by atoms with Crippen LogP contribution in [0.1, 0.15) is 0 Å². The molecule has 0 bridgehead atoms. The second-order valence-electron chi connectivity index (χ2n) is 3.83. The molecule has 0 aliphatic carbocycles. The molecule has 2 rings (SSSR count). The molecule has 0 heterocycles. The van der Waals surface area contributed by atoms with Crippen LogP contribution in [0.2, 0.25) is 0 Å². The third-order valence-electron chi connectivity index (χ3n) is 2.34. The number of primary sulfonamides is 1. The maximum absolute atomic E-state index is 11.1. The Balaban J connectivity index is 2.18. The Bertz CT molecular complexity index is 692. The summed E-state index contributed by atoms with van der Waals surface area (Å²) in [6, 6.07) is 12.7. The molecule has 0 unspecified atom stereocenters. The van der Waals surface area contributed by atoms with E-state index in [2.05, 4.69) is 10.2 Å². The lowest BCUT2D eigenvalue weighted by Gasteiger charge is -1.98. The average molecular weight is 276 g/mol. The first-order valence-electron chi connectivity index (χ1n) is 5.35. The summed E-state index contributed by atoms with van der Waals surface area (Å²) < 4.78 is 22.1. The SMILES string of the molecule is Nc1ccc(/N=N/c2ccc(S(N)(=O)=O)cc2)cc1. The van der Waals surface area contributed by atoms with E-state index in [1.807, 2.05) is 0 Å². The highest BCUT2D eigenvalue weighted by Gasteiger charge is 2.06. The number of rotatable bonds is 3. The molecule has 19 heavy (non-hydrogen) atoms. The molecule has 0 fully saturated rings. The van der Waals surface area contributed by atoms with Gasteiger partial charge in [-0.05, 0) is 48.5 Å². The smallest absolute Gasteiger partial charge is 0.238 e. The first-order chi connectivity index (χ1) is 8.95. The van der Waals surface area contributed by atoms with Gasteiger partial charge in [0, 0.05) is 5.69 Å². The van der Waals surface area contributed by atoms with E-state index >= 15 is 0 Å². The van der Waals surface area contributed by atoms with Gasteiger partial charge in [0.25, 0.3) is 0 Å². The summed E-state index contributed by atoms with van der Waals surface area (Å²) in [5.74, 6) is 0. The topological polar surface area (TPSA) is 111 Å². The fourth-order valence-corrected chi connectivity index (χ4v) is 1.87. The fraction of sp³-hybridized carbons (Fsp3) is 0. The maximum Gasteiger partial charge on any atom is 0.238 e. The molecule has 4 N–H and O–H groups in total. The van der Waals surface area contributed by atoms with Crippen LogP contribution in [0.5, 0.6) is 0 Å². The zero-order valence-electron chi connectivity index (χ0n) is 9.89. The molecule has 2 aromatic carbocycles. The van der Waals surface area contributed by atoms with E-state index in [-0.39, 0.29) is 4.90 Å². The van der Waals surface area contributed by atoms with E-state index in [9.17, 15) is 8.42 Å². The largest absolute Gasteiger partial charge is 0.399 e. The van der Waals surface area contributed by atoms with Crippen LogP contribution in [0.25, 0.3) is 0 Å². The van der Waals surface area contributed by atoms with Crippen molar-refractivity contribution in [3.05, 3.63) is 48.5 Å². The van der Waals surface area contributed by atoms with Crippen molar-refractivity contribution >= 4 is 27.1 Å². The third kappa shape index (κ3) is 3.60. The van der Waals surface area contributed by atoms with Gasteiger partial charge in [-0.3, -0.25) is 0 Å². The monoisotopic (exact) mass is 276 g/mol. The molecule has 0 aliphatic rings. The summed E-state index contributed by atoms with van der Waals surface area (Å²) >= 11 is 0. The molecule has 6 nitrogen and oxygen atoms in total. The Morgan fingerprint density at radius 1 is 0.789 bits per heavy atom. The third-order valence-corrected chi connectivity index (χ3v) is 3.27. The number of nitrogens with two attached hydrogens (primary N) is 2. The highest BCUT2D eigenvalue weighted by Crippen LogP contribution is 2.20. The van der Waals surface area contributed by atoms with Crippen molar-refractivity contribution in [1.29, 1.82) is 0 Å². The molecular formula is C12H12N4O2S. The fourth-order valence-electron chi connectivity index (χ4n) is 1.36. The molecule has 0 saturated heterocycles. The van der Waals surface area contributed by atoms with Gasteiger partial charge in [-0.15, -0.1) is 0 Å². The number of anilines is 1. The molecule has 0 radical (unpaired) electrons. The van der Waals surface area contributed by atoms with Gasteiger partial charge in [-0.1, -0.05) is 0 Å². The van der Waals surface area contributed by atoms with Gasteiger partial charge in [0.1, 0.15) is 0 Å². The molecule has 0 amide bonds. The van der Waals surface area contributed by atoms with Crippen molar-refractivity contribution in [2.45, 2.75) is 4.90 Å². The maximum atomic E-state index is 11.1. The standard InChI is InChI=1S/C12H12N4O2S/c13-9-1-3-10(4-2-9)15-16-11-5-7-12(8-6-11)19(14,17)18/h1-8H,13H2,(H2,14,17,18)/b16-15+. The van der Waals surface area contributed by atoms with Crippen LogP contribution in [-0.2, 0) is 10.0 Å². The summed E-state index contributed by atoms with van der Waals surface area (Å²) in [4.78, 5) is 0.0407. The minimum absolute atomic E-state index is 0.0407. The van der Waals surface area contributed by atoms with Crippen LogP contribution in [0, 0.1) is 0 Å². The van der Waals surface area contributed by atoms with E-state index in [0.29, 0.717) is 17.1 Å². The van der Waals surface area contributed by atoms with Gasteiger partial charge in [0.05, 0.1) is 16.3 Å². The van der Waals surface area contributed by atoms with Crippen molar-refractivity contribution in [2.75, 3.05) is 5.73 Å². The normalized spacial score (nSPS) is 11.8. The van der Waals surface area contributed by atoms with Crippen LogP contribution in [0.15, 0.2) is 63.7 Å². The zero-order valence-corrected chi connectivity index (χ0v) is 10.7. The molecule has 0 spiro atoms. The van der Waals surface area contributed by atoms with E-state index in [4.69, 9.17) is 10.9 Å². The Hall–Kier alpha value is -2.25. The number of hydrogen-bond donors (Lipinski definition) is 2. The van der Waals surface area contributed by atoms with Gasteiger partial charge >= 0.3 is 0 Å². The van der Waals surface area contributed by atoms with Gasteiger partial charge in [0.15, 0.2) is 0 Å². The second-order valence-corrected chi connectivity index (χ2v) is 5.39. The van der Waals surface area contributed by atoms with Crippen LogP contribution >= 0.6 is 0 Å². The van der Waals surface area contributed by atoms with Gasteiger partial charge in [0.2, 0.25) is 10.0 Å². The van der Waals surface area contributed by atoms with E-state index < -0.39 is 10.0 Å². The van der Waals surface area contributed by atoms with Crippen molar-refractivity contribution < 1.29 is 8.42 Å². The van der Waals surface area contributed by atoms with Gasteiger partial charge in [-0.25, -0.2) is 13.6 Å². The predicted octanol–water partition coefficient (Wildman–Crippen LogP) is 2.33. The Labute approximate surface area is 110 Å². The zero-order chi connectivity index (χ0) is 13.9. The molecular weight excluding hydrogens is 264 g/mol. The summed E-state index contributed by atoms with van der Waals surface area (Å²) in [6.07, 6.45) is 0. The van der Waals surface area contributed by atoms with Gasteiger partial charge in [-0.2, -0.15) is 10.2 Å². The first-order valence-corrected chi connectivity index (χ1v) is 6.90. The second kappa shape index (κ2) is 5.17. The lowest BCUT2D eigenvalue weighted by atomic mass is 10.3. The van der Waals surface area contributed by atoms with E-state index in [0.717, 1.165) is 0 Å². The quantitative estimate of drug-likeness (QED) is 0.662. The van der Waals surface area contributed by atoms with Crippen molar-refractivity contribution in [3.8, 4) is 0 Å². The number of sulfonamides is 1. The summed E-state index contributed by atoms with van der Waals surface area (Å²) in [7, 11) is -3.68. The van der Waals surface area contributed by atoms with Crippen LogP contribution < -0.4 is 10.9 Å². The van der Waals surface area contributed by atoms with Crippen LogP contribution in [0.3, 0.4) is 0 Å². The summed E-state index contributed by atoms with van der Waals surface area (Å²) in [5, 5.41) is 13.0. The Morgan fingerprint density at radius 3 is 1.63 bits per heavy atom. The predicted molar refractivity (Wildman–Crippen MR) is 72.8 cm³/mol. The van der Waals surface area contributed by atoms with Crippen LogP contribution in [0.4, 0.5) is 17.1 Å². The molecule has 98 valence electrons. The lowest BCUT2D eigenvalue weighted by molar-refractivity contribution is 0.598. The highest BCUT2D eigenvalue weighted by molar-refractivity contribution is 7.89. The molecule has 0 aliphatic heterocycles. The minimum atomic E-state index is -3.68. The van der Waals surface area contributed by atoms with E-state index in [1.54, 1.807) is 24.3 Å². The number of nitrogens with zero attached hydrogens (tertiary/aromatic N) is 2. The molecule has 0 saturated carbocycles. The minimum Gasteiger partial charge on any atom is -0.399 e. The number of benzene rings is 2. The Kier molecular flexibility index (Phi) is 3.59. The van der Waals surface area contributed by atoms with Gasteiger partial charge < -0.3 is 5.73 Å². The lowest BCUT2D eigenvalue weighted by Crippen LogP contribution is -2.11. The molecule has 2 aromatic rings. The molecule has 0 atom stereocenters. The first kappa shape index (κ1) is 13.2. The number of nitrogen functional groups attached to an aromatic ring is 1.